The fraction of sp³-hybridized carbons (Fsp3) is 0.600. The second-order valence-corrected chi connectivity index (χ2v) is 5.30. The standard InChI is InChI=1S/C15H25NO/c1-15(2,3)17-13-12-16-11-7-10-14-8-5-4-6-9-14/h4-6,8-9,16H,7,10-13H2,1-3H3. The molecule has 0 aliphatic carbocycles. The molecule has 0 aliphatic rings. The molecule has 0 heterocycles. The van der Waals surface area contributed by atoms with Gasteiger partial charge in [-0.25, -0.2) is 0 Å². The first-order chi connectivity index (χ1) is 8.08. The lowest BCUT2D eigenvalue weighted by atomic mass is 10.1. The van der Waals surface area contributed by atoms with Gasteiger partial charge in [-0.05, 0) is 45.7 Å². The first-order valence-corrected chi connectivity index (χ1v) is 6.46. The van der Waals surface area contributed by atoms with Crippen molar-refractivity contribution in [2.75, 3.05) is 19.7 Å². The second-order valence-electron chi connectivity index (χ2n) is 5.30. The van der Waals surface area contributed by atoms with Gasteiger partial charge in [0, 0.05) is 6.54 Å². The highest BCUT2D eigenvalue weighted by molar-refractivity contribution is 5.14. The Labute approximate surface area is 105 Å². The Morgan fingerprint density at radius 1 is 1.06 bits per heavy atom. The first-order valence-electron chi connectivity index (χ1n) is 6.46. The Kier molecular flexibility index (Phi) is 6.23. The van der Waals surface area contributed by atoms with Crippen LogP contribution in [-0.4, -0.2) is 25.3 Å². The summed E-state index contributed by atoms with van der Waals surface area (Å²) in [6, 6.07) is 10.6. The zero-order chi connectivity index (χ0) is 12.6. The summed E-state index contributed by atoms with van der Waals surface area (Å²) in [5.41, 5.74) is 1.39. The SMILES string of the molecule is CC(C)(C)OCCNCCCc1ccccc1. The van der Waals surface area contributed by atoms with Crippen LogP contribution in [0.2, 0.25) is 0 Å². The van der Waals surface area contributed by atoms with E-state index in [-0.39, 0.29) is 5.60 Å². The maximum Gasteiger partial charge on any atom is 0.0599 e. The average molecular weight is 235 g/mol. The molecule has 0 bridgehead atoms. The molecule has 96 valence electrons. The molecular weight excluding hydrogens is 210 g/mol. The molecule has 0 fully saturated rings. The topological polar surface area (TPSA) is 21.3 Å². The van der Waals surface area contributed by atoms with Gasteiger partial charge in [0.1, 0.15) is 0 Å². The Bertz CT molecular complexity index is 290. The Hall–Kier alpha value is -0.860. The van der Waals surface area contributed by atoms with Gasteiger partial charge >= 0.3 is 0 Å². The lowest BCUT2D eigenvalue weighted by molar-refractivity contribution is -0.000744. The molecule has 2 heteroatoms. The van der Waals surface area contributed by atoms with Crippen molar-refractivity contribution in [2.24, 2.45) is 0 Å². The minimum absolute atomic E-state index is 0.0221. The highest BCUT2D eigenvalue weighted by Gasteiger charge is 2.08. The van der Waals surface area contributed by atoms with E-state index in [9.17, 15) is 0 Å². The predicted molar refractivity (Wildman–Crippen MR) is 73.3 cm³/mol. The molecule has 0 amide bonds. The molecule has 17 heavy (non-hydrogen) atoms. The molecule has 0 spiro atoms. The highest BCUT2D eigenvalue weighted by atomic mass is 16.5. The van der Waals surface area contributed by atoms with Gasteiger partial charge < -0.3 is 10.1 Å². The molecule has 0 unspecified atom stereocenters. The number of rotatable bonds is 7. The van der Waals surface area contributed by atoms with Gasteiger partial charge in [-0.3, -0.25) is 0 Å². The number of hydrogen-bond donors (Lipinski definition) is 1. The fourth-order valence-corrected chi connectivity index (χ4v) is 1.62. The van der Waals surface area contributed by atoms with E-state index in [0.29, 0.717) is 0 Å². The van der Waals surface area contributed by atoms with Crippen LogP contribution in [0, 0.1) is 0 Å². The normalized spacial score (nSPS) is 11.7. The number of hydrogen-bond acceptors (Lipinski definition) is 2. The van der Waals surface area contributed by atoms with Crippen LogP contribution in [0.5, 0.6) is 0 Å². The van der Waals surface area contributed by atoms with Gasteiger partial charge in [0.05, 0.1) is 12.2 Å². The summed E-state index contributed by atoms with van der Waals surface area (Å²) < 4.78 is 5.63. The largest absolute Gasteiger partial charge is 0.375 e. The summed E-state index contributed by atoms with van der Waals surface area (Å²) in [5.74, 6) is 0. The van der Waals surface area contributed by atoms with E-state index in [2.05, 4.69) is 56.4 Å². The molecule has 1 rings (SSSR count). The van der Waals surface area contributed by atoms with Crippen molar-refractivity contribution in [3.8, 4) is 0 Å². The molecule has 0 saturated heterocycles. The molecule has 0 radical (unpaired) electrons. The van der Waals surface area contributed by atoms with E-state index in [4.69, 9.17) is 4.74 Å². The van der Waals surface area contributed by atoms with Crippen molar-refractivity contribution in [2.45, 2.75) is 39.2 Å². The van der Waals surface area contributed by atoms with Gasteiger partial charge in [0.2, 0.25) is 0 Å². The van der Waals surface area contributed by atoms with Crippen LogP contribution >= 0.6 is 0 Å². The van der Waals surface area contributed by atoms with Gasteiger partial charge in [-0.15, -0.1) is 0 Å². The second kappa shape index (κ2) is 7.46. The summed E-state index contributed by atoms with van der Waals surface area (Å²) in [4.78, 5) is 0. The van der Waals surface area contributed by atoms with Crippen molar-refractivity contribution < 1.29 is 4.74 Å². The Morgan fingerprint density at radius 3 is 2.41 bits per heavy atom. The molecule has 0 saturated carbocycles. The lowest BCUT2D eigenvalue weighted by Gasteiger charge is -2.19. The predicted octanol–water partition coefficient (Wildman–Crippen LogP) is 3.02. The third-order valence-corrected chi connectivity index (χ3v) is 2.48. The van der Waals surface area contributed by atoms with Crippen LogP contribution in [0.15, 0.2) is 30.3 Å². The molecule has 1 aromatic carbocycles. The Morgan fingerprint density at radius 2 is 1.76 bits per heavy atom. The zero-order valence-electron chi connectivity index (χ0n) is 11.3. The summed E-state index contributed by atoms with van der Waals surface area (Å²) in [6.07, 6.45) is 2.33. The van der Waals surface area contributed by atoms with Crippen LogP contribution in [0.4, 0.5) is 0 Å². The van der Waals surface area contributed by atoms with Crippen LogP contribution in [-0.2, 0) is 11.2 Å². The number of benzene rings is 1. The van der Waals surface area contributed by atoms with Crippen molar-refractivity contribution in [1.29, 1.82) is 0 Å². The molecule has 1 aromatic rings. The van der Waals surface area contributed by atoms with Crippen molar-refractivity contribution in [3.63, 3.8) is 0 Å². The van der Waals surface area contributed by atoms with Gasteiger partial charge in [0.25, 0.3) is 0 Å². The van der Waals surface area contributed by atoms with E-state index in [1.165, 1.54) is 12.0 Å². The summed E-state index contributed by atoms with van der Waals surface area (Å²) in [6.45, 7) is 9.04. The van der Waals surface area contributed by atoms with Crippen LogP contribution < -0.4 is 5.32 Å². The van der Waals surface area contributed by atoms with Crippen LogP contribution in [0.3, 0.4) is 0 Å². The van der Waals surface area contributed by atoms with Crippen LogP contribution in [0.25, 0.3) is 0 Å². The number of nitrogens with one attached hydrogen (secondary N) is 1. The minimum Gasteiger partial charge on any atom is -0.375 e. The third kappa shape index (κ3) is 7.94. The minimum atomic E-state index is -0.0221. The van der Waals surface area contributed by atoms with E-state index >= 15 is 0 Å². The quantitative estimate of drug-likeness (QED) is 0.734. The maximum atomic E-state index is 5.63. The van der Waals surface area contributed by atoms with Crippen molar-refractivity contribution in [3.05, 3.63) is 35.9 Å². The molecule has 0 aromatic heterocycles. The monoisotopic (exact) mass is 235 g/mol. The Balaban J connectivity index is 1.95. The van der Waals surface area contributed by atoms with E-state index in [1.54, 1.807) is 0 Å². The van der Waals surface area contributed by atoms with E-state index in [1.807, 2.05) is 0 Å². The summed E-state index contributed by atoms with van der Waals surface area (Å²) in [5, 5.41) is 3.40. The van der Waals surface area contributed by atoms with Gasteiger partial charge in [-0.1, -0.05) is 30.3 Å². The zero-order valence-corrected chi connectivity index (χ0v) is 11.3. The smallest absolute Gasteiger partial charge is 0.0599 e. The van der Waals surface area contributed by atoms with E-state index < -0.39 is 0 Å². The van der Waals surface area contributed by atoms with Gasteiger partial charge in [0.15, 0.2) is 0 Å². The third-order valence-electron chi connectivity index (χ3n) is 2.48. The van der Waals surface area contributed by atoms with Crippen LogP contribution in [0.1, 0.15) is 32.8 Å². The average Bonchev–Trinajstić information content (AvgIpc) is 2.28. The summed E-state index contributed by atoms with van der Waals surface area (Å²) in [7, 11) is 0. The van der Waals surface area contributed by atoms with Gasteiger partial charge in [-0.2, -0.15) is 0 Å². The maximum absolute atomic E-state index is 5.63. The molecule has 1 N–H and O–H groups in total. The lowest BCUT2D eigenvalue weighted by Crippen LogP contribution is -2.27. The number of aryl methyl sites for hydroxylation is 1. The number of ether oxygens (including phenoxy) is 1. The van der Waals surface area contributed by atoms with Crippen molar-refractivity contribution in [1.82, 2.24) is 5.32 Å². The first kappa shape index (κ1) is 14.2. The molecular formula is C15H25NO. The van der Waals surface area contributed by atoms with E-state index in [0.717, 1.165) is 26.1 Å². The molecule has 2 nitrogen and oxygen atoms in total. The summed E-state index contributed by atoms with van der Waals surface area (Å²) >= 11 is 0. The fourth-order valence-electron chi connectivity index (χ4n) is 1.62. The molecule has 0 atom stereocenters. The highest BCUT2D eigenvalue weighted by Crippen LogP contribution is 2.05. The molecule has 0 aliphatic heterocycles. The van der Waals surface area contributed by atoms with Crippen molar-refractivity contribution >= 4 is 0 Å².